The molecule has 0 aliphatic heterocycles. The van der Waals surface area contributed by atoms with E-state index in [0.717, 1.165) is 32.8 Å². The summed E-state index contributed by atoms with van der Waals surface area (Å²) in [4.78, 5) is 36.0. The molecule has 0 saturated carbocycles. The van der Waals surface area contributed by atoms with Gasteiger partial charge in [-0.1, -0.05) is 36.4 Å². The van der Waals surface area contributed by atoms with E-state index in [2.05, 4.69) is 9.97 Å². The van der Waals surface area contributed by atoms with Crippen molar-refractivity contribution in [2.45, 2.75) is 0 Å². The molecule has 3 aromatic carbocycles. The van der Waals surface area contributed by atoms with Gasteiger partial charge in [-0.2, -0.15) is 0 Å². The first-order chi connectivity index (χ1) is 15.7. The second-order valence-corrected chi connectivity index (χ2v) is 7.91. The minimum absolute atomic E-state index is 0.132. The Bertz CT molecular complexity index is 1890. The Kier molecular flexibility index (Phi) is 3.20. The number of fused-ring (bicyclic) bond motifs is 12. The van der Waals surface area contributed by atoms with Crippen molar-refractivity contribution in [2.24, 2.45) is 0 Å². The first-order valence-corrected chi connectivity index (χ1v) is 10.3. The maximum atomic E-state index is 13.3. The highest BCUT2D eigenvalue weighted by Gasteiger charge is 2.12. The predicted molar refractivity (Wildman–Crippen MR) is 127 cm³/mol. The molecular weight excluding hydrogens is 400 g/mol. The van der Waals surface area contributed by atoms with Gasteiger partial charge in [0.25, 0.3) is 11.1 Å². The highest BCUT2D eigenvalue weighted by Crippen LogP contribution is 2.22. The number of benzene rings is 2. The first-order valence-electron chi connectivity index (χ1n) is 10.3. The summed E-state index contributed by atoms with van der Waals surface area (Å²) in [5.74, 6) is 0. The number of para-hydroxylation sites is 4. The molecule has 0 saturated heterocycles. The largest absolute Gasteiger partial charge is 0.268 e. The molecule has 4 bridgehead atoms. The van der Waals surface area contributed by atoms with E-state index >= 15 is 0 Å². The van der Waals surface area contributed by atoms with E-state index in [1.165, 1.54) is 0 Å². The van der Waals surface area contributed by atoms with Crippen molar-refractivity contribution in [1.29, 1.82) is 0 Å². The summed E-state index contributed by atoms with van der Waals surface area (Å²) in [7, 11) is 0. The zero-order chi connectivity index (χ0) is 21.4. The average Bonchev–Trinajstić information content (AvgIpc) is 3.39. The summed E-state index contributed by atoms with van der Waals surface area (Å²) < 4.78 is 3.28. The molecular formula is C26H14N4O2. The van der Waals surface area contributed by atoms with Crippen molar-refractivity contribution in [3.05, 3.63) is 106 Å². The number of imidazole rings is 2. The van der Waals surface area contributed by atoms with Crippen molar-refractivity contribution in [2.75, 3.05) is 0 Å². The molecule has 0 aliphatic rings. The van der Waals surface area contributed by atoms with E-state index in [9.17, 15) is 9.59 Å². The molecule has 0 N–H and O–H groups in total. The zero-order valence-corrected chi connectivity index (χ0v) is 16.7. The van der Waals surface area contributed by atoms with E-state index in [1.54, 1.807) is 20.9 Å². The Morgan fingerprint density at radius 2 is 0.906 bits per heavy atom. The van der Waals surface area contributed by atoms with Crippen LogP contribution in [0.2, 0.25) is 0 Å². The van der Waals surface area contributed by atoms with Crippen LogP contribution in [0.3, 0.4) is 0 Å². The molecule has 6 nitrogen and oxygen atoms in total. The lowest BCUT2D eigenvalue weighted by Crippen LogP contribution is -2.12. The Morgan fingerprint density at radius 3 is 1.38 bits per heavy atom. The first kappa shape index (κ1) is 17.1. The third kappa shape index (κ3) is 2.18. The van der Waals surface area contributed by atoms with E-state index < -0.39 is 0 Å². The molecule has 32 heavy (non-hydrogen) atoms. The van der Waals surface area contributed by atoms with E-state index in [4.69, 9.17) is 0 Å². The van der Waals surface area contributed by atoms with Crippen molar-refractivity contribution in [1.82, 2.24) is 18.8 Å². The third-order valence-electron chi connectivity index (χ3n) is 6.04. The maximum absolute atomic E-state index is 13.3. The van der Waals surface area contributed by atoms with Crippen molar-refractivity contribution in [3.8, 4) is 0 Å². The van der Waals surface area contributed by atoms with Gasteiger partial charge in [0.1, 0.15) is 11.3 Å². The Labute approximate surface area is 179 Å². The molecule has 0 aliphatic carbocycles. The van der Waals surface area contributed by atoms with Gasteiger partial charge in [-0.25, -0.2) is 9.97 Å². The monoisotopic (exact) mass is 414 g/mol. The van der Waals surface area contributed by atoms with Crippen LogP contribution in [0.15, 0.2) is 94.5 Å². The van der Waals surface area contributed by atoms with Gasteiger partial charge in [0.2, 0.25) is 0 Å². The second kappa shape index (κ2) is 5.98. The fourth-order valence-electron chi connectivity index (χ4n) is 4.54. The Balaban J connectivity index is 1.74. The molecule has 4 heterocycles. The number of hydrogen-bond acceptors (Lipinski definition) is 4. The van der Waals surface area contributed by atoms with Crippen LogP contribution in [0, 0.1) is 0 Å². The Morgan fingerprint density at radius 1 is 0.500 bits per heavy atom. The van der Waals surface area contributed by atoms with Gasteiger partial charge in [-0.3, -0.25) is 18.4 Å². The number of pyridine rings is 2. The molecule has 0 spiro atoms. The second-order valence-electron chi connectivity index (χ2n) is 7.91. The summed E-state index contributed by atoms with van der Waals surface area (Å²) in [6.45, 7) is 0. The van der Waals surface area contributed by atoms with Gasteiger partial charge in [-0.05, 0) is 48.5 Å². The maximum Gasteiger partial charge on any atom is 0.264 e. The van der Waals surface area contributed by atoms with Gasteiger partial charge in [0, 0.05) is 21.5 Å². The Hall–Kier alpha value is -4.58. The smallest absolute Gasteiger partial charge is 0.264 e. The highest BCUT2D eigenvalue weighted by atomic mass is 16.1. The fourth-order valence-corrected chi connectivity index (χ4v) is 4.54. The molecule has 4 aromatic heterocycles. The van der Waals surface area contributed by atoms with Crippen LogP contribution in [0.5, 0.6) is 0 Å². The van der Waals surface area contributed by atoms with Crippen LogP contribution in [0.25, 0.3) is 54.9 Å². The average molecular weight is 414 g/mol. The quantitative estimate of drug-likeness (QED) is 0.371. The van der Waals surface area contributed by atoms with Gasteiger partial charge < -0.3 is 0 Å². The minimum Gasteiger partial charge on any atom is -0.268 e. The predicted octanol–water partition coefficient (Wildman–Crippen LogP) is 4.32. The van der Waals surface area contributed by atoms with Gasteiger partial charge in [-0.15, -0.1) is 0 Å². The van der Waals surface area contributed by atoms with E-state index in [0.29, 0.717) is 22.1 Å². The molecule has 0 fully saturated rings. The van der Waals surface area contributed by atoms with Crippen LogP contribution in [-0.2, 0) is 0 Å². The SMILES string of the molecule is O=c1c2ccc3cc(ccc(c2)c2nc4ccccc4n12)c(=O)n1c2ccccc2nc31. The van der Waals surface area contributed by atoms with Gasteiger partial charge in [0.15, 0.2) is 0 Å². The number of aromatic nitrogens is 4. The number of rotatable bonds is 0. The highest BCUT2D eigenvalue weighted by molar-refractivity contribution is 5.93. The number of nitrogens with zero attached hydrogens (tertiary/aromatic N) is 4. The van der Waals surface area contributed by atoms with Gasteiger partial charge in [0.05, 0.1) is 22.1 Å². The summed E-state index contributed by atoms with van der Waals surface area (Å²) in [5, 5.41) is 2.64. The molecule has 7 rings (SSSR count). The van der Waals surface area contributed by atoms with Crippen LogP contribution < -0.4 is 11.1 Å². The lowest BCUT2D eigenvalue weighted by Gasteiger charge is -2.00. The van der Waals surface area contributed by atoms with Crippen molar-refractivity contribution < 1.29 is 0 Å². The third-order valence-corrected chi connectivity index (χ3v) is 6.04. The molecule has 0 atom stereocenters. The van der Waals surface area contributed by atoms with Crippen LogP contribution >= 0.6 is 0 Å². The summed E-state index contributed by atoms with van der Waals surface area (Å²) in [5.41, 5.74) is 3.93. The lowest BCUT2D eigenvalue weighted by atomic mass is 10.2. The molecule has 7 aromatic rings. The fraction of sp³-hybridized carbons (Fsp3) is 0. The molecule has 0 radical (unpaired) electrons. The summed E-state index contributed by atoms with van der Waals surface area (Å²) in [6, 6.07) is 26.1. The van der Waals surface area contributed by atoms with E-state index in [-0.39, 0.29) is 11.1 Å². The van der Waals surface area contributed by atoms with Crippen molar-refractivity contribution >= 4 is 54.9 Å². The molecule has 150 valence electrons. The molecule has 0 amide bonds. The standard InChI is InChI=1S/C26H14N4O2/c31-25-17-12-10-16-14-18(26(32)30-22-8-4-2-6-20(22)28-24(16)30)11-9-15(13-17)23-27-19-5-1-3-7-21(19)29(23)25/h1-14H. The minimum atomic E-state index is -0.132. The van der Waals surface area contributed by atoms with Crippen LogP contribution in [0.1, 0.15) is 0 Å². The van der Waals surface area contributed by atoms with Crippen LogP contribution in [-0.4, -0.2) is 18.8 Å². The lowest BCUT2D eigenvalue weighted by molar-refractivity contribution is 1.18. The topological polar surface area (TPSA) is 68.7 Å². The van der Waals surface area contributed by atoms with Gasteiger partial charge >= 0.3 is 0 Å². The zero-order valence-electron chi connectivity index (χ0n) is 16.7. The normalized spacial score (nSPS) is 12.0. The van der Waals surface area contributed by atoms with E-state index in [1.807, 2.05) is 72.8 Å². The summed E-state index contributed by atoms with van der Waals surface area (Å²) in [6.07, 6.45) is 0. The summed E-state index contributed by atoms with van der Waals surface area (Å²) >= 11 is 0. The van der Waals surface area contributed by atoms with Crippen LogP contribution in [0.4, 0.5) is 0 Å². The van der Waals surface area contributed by atoms with Crippen molar-refractivity contribution in [3.63, 3.8) is 0 Å². The number of hydrogen-bond donors (Lipinski definition) is 0. The molecule has 6 heteroatoms. The molecule has 0 unspecified atom stereocenters.